The van der Waals surface area contributed by atoms with Gasteiger partial charge in [0.15, 0.2) is 0 Å². The lowest BCUT2D eigenvalue weighted by atomic mass is 9.67. The van der Waals surface area contributed by atoms with Crippen molar-refractivity contribution in [1.29, 1.82) is 0 Å². The van der Waals surface area contributed by atoms with Crippen LogP contribution >= 0.6 is 0 Å². The zero-order valence-electron chi connectivity index (χ0n) is 14.0. The molecule has 2 bridgehead atoms. The SMILES string of the molecule is CCN(CC)C(=O)CCC(=O)NC1C2CCCC1CC(N)C2. The van der Waals surface area contributed by atoms with Crippen molar-refractivity contribution in [2.75, 3.05) is 13.1 Å². The summed E-state index contributed by atoms with van der Waals surface area (Å²) in [4.78, 5) is 26.0. The summed E-state index contributed by atoms with van der Waals surface area (Å²) in [7, 11) is 0. The highest BCUT2D eigenvalue weighted by Crippen LogP contribution is 2.39. The summed E-state index contributed by atoms with van der Waals surface area (Å²) >= 11 is 0. The Kier molecular flexibility index (Phi) is 6.24. The number of rotatable bonds is 6. The van der Waals surface area contributed by atoms with Crippen LogP contribution in [-0.2, 0) is 9.59 Å². The van der Waals surface area contributed by atoms with Crippen molar-refractivity contribution < 1.29 is 9.59 Å². The number of nitrogens with zero attached hydrogens (tertiary/aromatic N) is 1. The number of hydrogen-bond donors (Lipinski definition) is 2. The van der Waals surface area contributed by atoms with Crippen LogP contribution in [0.15, 0.2) is 0 Å². The molecule has 0 spiro atoms. The van der Waals surface area contributed by atoms with E-state index in [1.165, 1.54) is 19.3 Å². The van der Waals surface area contributed by atoms with Gasteiger partial charge in [-0.25, -0.2) is 0 Å². The third-order valence-electron chi connectivity index (χ3n) is 5.39. The van der Waals surface area contributed by atoms with Crippen LogP contribution in [0.3, 0.4) is 0 Å². The van der Waals surface area contributed by atoms with Crippen molar-refractivity contribution in [3.05, 3.63) is 0 Å². The van der Waals surface area contributed by atoms with Gasteiger partial charge in [-0.05, 0) is 51.4 Å². The van der Waals surface area contributed by atoms with Crippen molar-refractivity contribution in [2.45, 2.75) is 70.9 Å². The highest BCUT2D eigenvalue weighted by atomic mass is 16.2. The molecular weight excluding hydrogens is 278 g/mol. The molecule has 5 heteroatoms. The zero-order valence-corrected chi connectivity index (χ0v) is 14.0. The van der Waals surface area contributed by atoms with E-state index in [4.69, 9.17) is 5.73 Å². The van der Waals surface area contributed by atoms with Crippen molar-refractivity contribution in [3.63, 3.8) is 0 Å². The van der Waals surface area contributed by atoms with E-state index < -0.39 is 0 Å². The first-order chi connectivity index (χ1) is 10.5. The van der Waals surface area contributed by atoms with Crippen LogP contribution in [0.25, 0.3) is 0 Å². The van der Waals surface area contributed by atoms with Gasteiger partial charge in [-0.1, -0.05) is 6.42 Å². The van der Waals surface area contributed by atoms with Gasteiger partial charge in [-0.15, -0.1) is 0 Å². The molecule has 2 atom stereocenters. The summed E-state index contributed by atoms with van der Waals surface area (Å²) in [6.07, 6.45) is 6.28. The maximum absolute atomic E-state index is 12.2. The maximum atomic E-state index is 12.2. The van der Waals surface area contributed by atoms with Gasteiger partial charge in [0.25, 0.3) is 0 Å². The van der Waals surface area contributed by atoms with Crippen molar-refractivity contribution in [2.24, 2.45) is 17.6 Å². The Bertz CT molecular complexity index is 381. The van der Waals surface area contributed by atoms with Gasteiger partial charge in [0.05, 0.1) is 0 Å². The summed E-state index contributed by atoms with van der Waals surface area (Å²) in [5, 5.41) is 3.21. The first-order valence-electron chi connectivity index (χ1n) is 8.87. The van der Waals surface area contributed by atoms with E-state index in [9.17, 15) is 9.59 Å². The fourth-order valence-corrected chi connectivity index (χ4v) is 4.24. The quantitative estimate of drug-likeness (QED) is 0.783. The van der Waals surface area contributed by atoms with Crippen LogP contribution in [0.5, 0.6) is 0 Å². The van der Waals surface area contributed by atoms with Crippen LogP contribution in [0.4, 0.5) is 0 Å². The molecule has 0 aromatic rings. The molecule has 2 saturated carbocycles. The van der Waals surface area contributed by atoms with E-state index in [1.807, 2.05) is 13.8 Å². The molecule has 2 aliphatic carbocycles. The predicted molar refractivity (Wildman–Crippen MR) is 87.1 cm³/mol. The van der Waals surface area contributed by atoms with Crippen LogP contribution < -0.4 is 11.1 Å². The Hall–Kier alpha value is -1.10. The van der Waals surface area contributed by atoms with Crippen LogP contribution in [0, 0.1) is 11.8 Å². The molecule has 2 amide bonds. The molecule has 2 unspecified atom stereocenters. The minimum absolute atomic E-state index is 0.0258. The van der Waals surface area contributed by atoms with Gasteiger partial charge in [0.1, 0.15) is 0 Å². The van der Waals surface area contributed by atoms with Crippen LogP contribution in [0.2, 0.25) is 0 Å². The molecule has 2 aliphatic rings. The summed E-state index contributed by atoms with van der Waals surface area (Å²) in [6, 6.07) is 0.581. The lowest BCUT2D eigenvalue weighted by molar-refractivity contribution is -0.133. The van der Waals surface area contributed by atoms with Crippen molar-refractivity contribution in [3.8, 4) is 0 Å². The average molecular weight is 309 g/mol. The topological polar surface area (TPSA) is 75.4 Å². The second-order valence-corrected chi connectivity index (χ2v) is 6.84. The summed E-state index contributed by atoms with van der Waals surface area (Å²) < 4.78 is 0. The van der Waals surface area contributed by atoms with Crippen molar-refractivity contribution >= 4 is 11.8 Å². The smallest absolute Gasteiger partial charge is 0.223 e. The lowest BCUT2D eigenvalue weighted by Gasteiger charge is -2.45. The summed E-state index contributed by atoms with van der Waals surface area (Å²) in [6.45, 7) is 5.35. The fourth-order valence-electron chi connectivity index (χ4n) is 4.24. The number of fused-ring (bicyclic) bond motifs is 2. The number of nitrogens with one attached hydrogen (secondary N) is 1. The molecular formula is C17H31N3O2. The number of nitrogens with two attached hydrogens (primary N) is 1. The Labute approximate surface area is 134 Å². The molecule has 0 aromatic carbocycles. The molecule has 0 aliphatic heterocycles. The van der Waals surface area contributed by atoms with E-state index >= 15 is 0 Å². The van der Waals surface area contributed by atoms with Crippen LogP contribution in [0.1, 0.15) is 58.8 Å². The molecule has 3 N–H and O–H groups in total. The van der Waals surface area contributed by atoms with E-state index in [-0.39, 0.29) is 17.9 Å². The summed E-state index contributed by atoms with van der Waals surface area (Å²) in [5.74, 6) is 1.17. The second kappa shape index (κ2) is 7.95. The molecule has 0 aromatic heterocycles. The molecule has 0 heterocycles. The van der Waals surface area contributed by atoms with Crippen LogP contribution in [-0.4, -0.2) is 41.9 Å². The van der Waals surface area contributed by atoms with Gasteiger partial charge in [-0.3, -0.25) is 9.59 Å². The third kappa shape index (κ3) is 4.22. The average Bonchev–Trinajstić information content (AvgIpc) is 2.47. The lowest BCUT2D eigenvalue weighted by Crippen LogP contribution is -2.53. The minimum Gasteiger partial charge on any atom is -0.353 e. The number of carbonyl (C=O) groups is 2. The predicted octanol–water partition coefficient (Wildman–Crippen LogP) is 1.66. The second-order valence-electron chi connectivity index (χ2n) is 6.84. The number of carbonyl (C=O) groups excluding carboxylic acids is 2. The maximum Gasteiger partial charge on any atom is 0.223 e. The Morgan fingerprint density at radius 3 is 2.23 bits per heavy atom. The highest BCUT2D eigenvalue weighted by Gasteiger charge is 2.39. The van der Waals surface area contributed by atoms with Gasteiger partial charge >= 0.3 is 0 Å². The minimum atomic E-state index is 0.0258. The first-order valence-corrected chi connectivity index (χ1v) is 8.87. The van der Waals surface area contributed by atoms with Crippen molar-refractivity contribution in [1.82, 2.24) is 10.2 Å². The normalized spacial score (nSPS) is 30.7. The Morgan fingerprint density at radius 1 is 1.09 bits per heavy atom. The van der Waals surface area contributed by atoms with Gasteiger partial charge in [-0.2, -0.15) is 0 Å². The number of hydrogen-bond acceptors (Lipinski definition) is 3. The number of amides is 2. The van der Waals surface area contributed by atoms with E-state index in [0.717, 1.165) is 12.8 Å². The Balaban J connectivity index is 1.80. The molecule has 2 fully saturated rings. The summed E-state index contributed by atoms with van der Waals surface area (Å²) in [5.41, 5.74) is 6.12. The van der Waals surface area contributed by atoms with Gasteiger partial charge in [0.2, 0.25) is 11.8 Å². The monoisotopic (exact) mass is 309 g/mol. The van der Waals surface area contributed by atoms with E-state index in [0.29, 0.717) is 43.8 Å². The van der Waals surface area contributed by atoms with E-state index in [2.05, 4.69) is 5.32 Å². The fraction of sp³-hybridized carbons (Fsp3) is 0.882. The molecule has 5 nitrogen and oxygen atoms in total. The largest absolute Gasteiger partial charge is 0.353 e. The first kappa shape index (κ1) is 17.3. The van der Waals surface area contributed by atoms with Gasteiger partial charge in [0, 0.05) is 38.0 Å². The third-order valence-corrected chi connectivity index (χ3v) is 5.39. The molecule has 22 heavy (non-hydrogen) atoms. The molecule has 0 radical (unpaired) electrons. The standard InChI is InChI=1S/C17H31N3O2/c1-3-20(4-2)16(22)9-8-15(21)19-17-12-6-5-7-13(17)11-14(18)10-12/h12-14,17H,3-11,18H2,1-2H3,(H,19,21). The zero-order chi connectivity index (χ0) is 16.1. The van der Waals surface area contributed by atoms with E-state index in [1.54, 1.807) is 4.90 Å². The van der Waals surface area contributed by atoms with Gasteiger partial charge < -0.3 is 16.0 Å². The molecule has 0 saturated heterocycles. The molecule has 126 valence electrons. The molecule has 2 rings (SSSR count). The Morgan fingerprint density at radius 2 is 1.68 bits per heavy atom. The highest BCUT2D eigenvalue weighted by molar-refractivity contribution is 5.83.